The van der Waals surface area contributed by atoms with E-state index in [1.807, 2.05) is 57.2 Å². The van der Waals surface area contributed by atoms with Crippen molar-refractivity contribution in [1.82, 2.24) is 4.90 Å². The van der Waals surface area contributed by atoms with Crippen LogP contribution in [0.1, 0.15) is 40.9 Å². The molecule has 0 bridgehead atoms. The predicted octanol–water partition coefficient (Wildman–Crippen LogP) is 4.36. The van der Waals surface area contributed by atoms with Gasteiger partial charge in [-0.25, -0.2) is 0 Å². The third-order valence-electron chi connectivity index (χ3n) is 5.14. The Balaban J connectivity index is 1.78. The third kappa shape index (κ3) is 4.82. The molecule has 0 unspecified atom stereocenters. The first-order valence-corrected chi connectivity index (χ1v) is 11.1. The molecular weight excluding hydrogens is 396 g/mol. The molecule has 1 aliphatic heterocycles. The normalized spacial score (nSPS) is 15.0. The average Bonchev–Trinajstić information content (AvgIpc) is 3.07. The van der Waals surface area contributed by atoms with Gasteiger partial charge >= 0.3 is 0 Å². The predicted molar refractivity (Wildman–Crippen MR) is 122 cm³/mol. The lowest BCUT2D eigenvalue weighted by Crippen LogP contribution is -2.34. The zero-order valence-corrected chi connectivity index (χ0v) is 18.3. The number of amides is 2. The number of anilines is 1. The van der Waals surface area contributed by atoms with Crippen molar-refractivity contribution in [3.63, 3.8) is 0 Å². The van der Waals surface area contributed by atoms with Gasteiger partial charge in [0.2, 0.25) is 11.8 Å². The lowest BCUT2D eigenvalue weighted by molar-refractivity contribution is -0.129. The Morgan fingerprint density at radius 1 is 1.07 bits per heavy atom. The molecule has 1 aliphatic rings. The molecule has 1 N–H and O–H groups in total. The Bertz CT molecular complexity index is 991. The van der Waals surface area contributed by atoms with Gasteiger partial charge in [0.05, 0.1) is 10.8 Å². The second-order valence-electron chi connectivity index (χ2n) is 7.14. The van der Waals surface area contributed by atoms with Crippen LogP contribution in [0.2, 0.25) is 0 Å². The summed E-state index contributed by atoms with van der Waals surface area (Å²) in [6, 6.07) is 13.3. The lowest BCUT2D eigenvalue weighted by Gasteiger charge is -2.19. The molecule has 2 aromatic rings. The van der Waals surface area contributed by atoms with E-state index >= 15 is 0 Å². The number of carbonyl (C=O) groups is 3. The van der Waals surface area contributed by atoms with E-state index in [1.165, 1.54) is 22.7 Å². The second kappa shape index (κ2) is 9.76. The summed E-state index contributed by atoms with van der Waals surface area (Å²) in [6.45, 7) is 5.85. The van der Waals surface area contributed by atoms with Crippen LogP contribution in [0, 0.1) is 6.92 Å². The summed E-state index contributed by atoms with van der Waals surface area (Å²) < 4.78 is 0. The number of hydrogen-bond acceptors (Lipinski definition) is 4. The summed E-state index contributed by atoms with van der Waals surface area (Å²) in [5, 5.41) is 3.51. The number of thioether (sulfide) groups is 1. The van der Waals surface area contributed by atoms with Crippen LogP contribution in [0.15, 0.2) is 53.6 Å². The summed E-state index contributed by atoms with van der Waals surface area (Å²) >= 11 is 1.29. The molecule has 0 saturated carbocycles. The third-order valence-corrected chi connectivity index (χ3v) is 6.17. The van der Waals surface area contributed by atoms with Gasteiger partial charge in [-0.1, -0.05) is 68.1 Å². The summed E-state index contributed by atoms with van der Waals surface area (Å²) in [4.78, 5) is 39.2. The van der Waals surface area contributed by atoms with E-state index in [4.69, 9.17) is 0 Å². The Morgan fingerprint density at radius 2 is 1.73 bits per heavy atom. The van der Waals surface area contributed by atoms with Gasteiger partial charge < -0.3 is 5.32 Å². The van der Waals surface area contributed by atoms with Crippen molar-refractivity contribution < 1.29 is 14.4 Å². The van der Waals surface area contributed by atoms with Crippen LogP contribution < -0.4 is 5.32 Å². The summed E-state index contributed by atoms with van der Waals surface area (Å²) in [7, 11) is 0. The van der Waals surface area contributed by atoms with Crippen molar-refractivity contribution >= 4 is 35.0 Å². The van der Waals surface area contributed by atoms with E-state index < -0.39 is 0 Å². The van der Waals surface area contributed by atoms with Gasteiger partial charge in [-0.15, -0.1) is 0 Å². The van der Waals surface area contributed by atoms with E-state index in [0.717, 1.165) is 35.2 Å². The highest BCUT2D eigenvalue weighted by atomic mass is 32.2. The van der Waals surface area contributed by atoms with Gasteiger partial charge in [0.25, 0.3) is 0 Å². The zero-order chi connectivity index (χ0) is 21.7. The Morgan fingerprint density at radius 3 is 2.37 bits per heavy atom. The largest absolute Gasteiger partial charge is 0.324 e. The van der Waals surface area contributed by atoms with Crippen molar-refractivity contribution in [1.29, 1.82) is 0 Å². The Hall–Kier alpha value is -2.86. The molecule has 0 atom stereocenters. The molecule has 6 heteroatoms. The number of aryl methyl sites for hydroxylation is 3. The SMILES string of the molecule is CCc1cccc(CC)c1NC(=O)CN1C(=O)CS/C1=C\C(=O)c1ccccc1C. The molecule has 3 rings (SSSR count). The minimum Gasteiger partial charge on any atom is -0.324 e. The molecule has 0 spiro atoms. The highest BCUT2D eigenvalue weighted by Crippen LogP contribution is 2.30. The molecule has 2 aromatic carbocycles. The first kappa shape index (κ1) is 21.8. The molecule has 5 nitrogen and oxygen atoms in total. The van der Waals surface area contributed by atoms with Crippen LogP contribution >= 0.6 is 11.8 Å². The standard InChI is InChI=1S/C24H26N2O3S/c1-4-17-10-8-11-18(5-2)24(17)25-21(28)14-26-22(29)15-30-23(26)13-20(27)19-12-7-6-9-16(19)3/h6-13H,4-5,14-15H2,1-3H3,(H,25,28)/b23-13-. The van der Waals surface area contributed by atoms with Crippen LogP contribution in [-0.2, 0) is 22.4 Å². The molecule has 0 aromatic heterocycles. The van der Waals surface area contributed by atoms with E-state index in [2.05, 4.69) is 5.32 Å². The number of para-hydroxylation sites is 1. The molecule has 0 radical (unpaired) electrons. The van der Waals surface area contributed by atoms with Crippen molar-refractivity contribution in [2.75, 3.05) is 17.6 Å². The lowest BCUT2D eigenvalue weighted by atomic mass is 10.0. The number of carbonyl (C=O) groups excluding carboxylic acids is 3. The van der Waals surface area contributed by atoms with Crippen molar-refractivity contribution in [2.24, 2.45) is 0 Å². The van der Waals surface area contributed by atoms with Crippen LogP contribution in [0.4, 0.5) is 5.69 Å². The number of nitrogens with one attached hydrogen (secondary N) is 1. The van der Waals surface area contributed by atoms with Crippen molar-refractivity contribution in [3.8, 4) is 0 Å². The summed E-state index contributed by atoms with van der Waals surface area (Å²) in [5.74, 6) is -0.374. The van der Waals surface area contributed by atoms with Gasteiger partial charge in [-0.3, -0.25) is 19.3 Å². The van der Waals surface area contributed by atoms with Crippen LogP contribution in [-0.4, -0.2) is 34.8 Å². The molecule has 2 amide bonds. The van der Waals surface area contributed by atoms with Crippen LogP contribution in [0.3, 0.4) is 0 Å². The maximum absolute atomic E-state index is 12.8. The zero-order valence-electron chi connectivity index (χ0n) is 17.5. The number of benzene rings is 2. The molecule has 30 heavy (non-hydrogen) atoms. The van der Waals surface area contributed by atoms with E-state index in [9.17, 15) is 14.4 Å². The van der Waals surface area contributed by atoms with Gasteiger partial charge in [-0.05, 0) is 36.5 Å². The van der Waals surface area contributed by atoms with Gasteiger partial charge in [-0.2, -0.15) is 0 Å². The highest BCUT2D eigenvalue weighted by molar-refractivity contribution is 8.04. The van der Waals surface area contributed by atoms with Crippen LogP contribution in [0.5, 0.6) is 0 Å². The van der Waals surface area contributed by atoms with Crippen molar-refractivity contribution in [3.05, 3.63) is 75.8 Å². The van der Waals surface area contributed by atoms with Gasteiger partial charge in [0.15, 0.2) is 5.78 Å². The van der Waals surface area contributed by atoms with E-state index in [1.54, 1.807) is 6.07 Å². The summed E-state index contributed by atoms with van der Waals surface area (Å²) in [5.41, 5.74) is 4.43. The summed E-state index contributed by atoms with van der Waals surface area (Å²) in [6.07, 6.45) is 3.07. The molecule has 156 valence electrons. The number of hydrogen-bond donors (Lipinski definition) is 1. The number of allylic oxidation sites excluding steroid dienone is 1. The fourth-order valence-electron chi connectivity index (χ4n) is 3.47. The number of rotatable bonds is 7. The first-order chi connectivity index (χ1) is 14.4. The molecule has 1 saturated heterocycles. The topological polar surface area (TPSA) is 66.5 Å². The smallest absolute Gasteiger partial charge is 0.244 e. The average molecular weight is 423 g/mol. The minimum atomic E-state index is -0.268. The minimum absolute atomic E-state index is 0.111. The highest BCUT2D eigenvalue weighted by Gasteiger charge is 2.29. The maximum Gasteiger partial charge on any atom is 0.244 e. The number of nitrogens with zero attached hydrogens (tertiary/aromatic N) is 1. The molecular formula is C24H26N2O3S. The van der Waals surface area contributed by atoms with Crippen LogP contribution in [0.25, 0.3) is 0 Å². The second-order valence-corrected chi connectivity index (χ2v) is 8.13. The molecule has 1 fully saturated rings. The monoisotopic (exact) mass is 422 g/mol. The Kier molecular flexibility index (Phi) is 7.11. The molecule has 0 aliphatic carbocycles. The fraction of sp³-hybridized carbons (Fsp3) is 0.292. The van der Waals surface area contributed by atoms with E-state index in [-0.39, 0.29) is 29.9 Å². The maximum atomic E-state index is 12.8. The van der Waals surface area contributed by atoms with Gasteiger partial charge in [0.1, 0.15) is 6.54 Å². The molecule has 1 heterocycles. The van der Waals surface area contributed by atoms with Crippen molar-refractivity contribution in [2.45, 2.75) is 33.6 Å². The fourth-order valence-corrected chi connectivity index (χ4v) is 4.40. The number of ketones is 1. The Labute approximate surface area is 181 Å². The quantitative estimate of drug-likeness (QED) is 0.532. The van der Waals surface area contributed by atoms with E-state index in [0.29, 0.717) is 10.6 Å². The first-order valence-electron chi connectivity index (χ1n) is 10.1. The van der Waals surface area contributed by atoms with Gasteiger partial charge in [0, 0.05) is 17.3 Å².